The van der Waals surface area contributed by atoms with E-state index in [2.05, 4.69) is 35.4 Å². The highest BCUT2D eigenvalue weighted by Crippen LogP contribution is 2.25. The fourth-order valence-electron chi connectivity index (χ4n) is 4.84. The Morgan fingerprint density at radius 2 is 1.83 bits per heavy atom. The molecule has 3 heterocycles. The van der Waals surface area contributed by atoms with Crippen LogP contribution in [-0.2, 0) is 20.9 Å². The lowest BCUT2D eigenvalue weighted by atomic mass is 10.2. The Labute approximate surface area is 276 Å². The van der Waals surface area contributed by atoms with Crippen molar-refractivity contribution in [1.29, 1.82) is 0 Å². The van der Waals surface area contributed by atoms with Crippen molar-refractivity contribution in [1.82, 2.24) is 30.6 Å². The van der Waals surface area contributed by atoms with E-state index < -0.39 is 23.3 Å². The first kappa shape index (κ1) is 35.0. The number of carbonyl (C=O) groups excluding carboxylic acids is 2. The van der Waals surface area contributed by atoms with Crippen LogP contribution in [0.2, 0.25) is 5.02 Å². The molecule has 16 nitrogen and oxygen atoms in total. The van der Waals surface area contributed by atoms with Crippen LogP contribution in [0.1, 0.15) is 66.4 Å². The van der Waals surface area contributed by atoms with Crippen LogP contribution in [0.3, 0.4) is 0 Å². The molecule has 2 N–H and O–H groups in total. The van der Waals surface area contributed by atoms with E-state index in [-0.39, 0.29) is 31.4 Å². The number of amides is 1. The van der Waals surface area contributed by atoms with E-state index >= 15 is 0 Å². The van der Waals surface area contributed by atoms with Crippen molar-refractivity contribution in [2.75, 3.05) is 38.4 Å². The molecule has 4 rings (SSSR count). The molecule has 0 bridgehead atoms. The number of rotatable bonds is 18. The van der Waals surface area contributed by atoms with Gasteiger partial charge in [0.25, 0.3) is 11.0 Å². The van der Waals surface area contributed by atoms with Crippen molar-refractivity contribution in [3.8, 4) is 5.75 Å². The Balaban J connectivity index is 1.25. The normalized spacial score (nSPS) is 14.7. The third kappa shape index (κ3) is 11.2. The molecule has 2 aromatic heterocycles. The molecule has 0 spiro atoms. The van der Waals surface area contributed by atoms with Crippen molar-refractivity contribution in [3.63, 3.8) is 0 Å². The summed E-state index contributed by atoms with van der Waals surface area (Å²) in [5, 5.41) is 15.9. The van der Waals surface area contributed by atoms with Gasteiger partial charge >= 0.3 is 6.16 Å². The van der Waals surface area contributed by atoms with Gasteiger partial charge in [-0.15, -0.1) is 10.1 Å². The van der Waals surface area contributed by atoms with Crippen molar-refractivity contribution >= 4 is 29.6 Å². The van der Waals surface area contributed by atoms with Crippen LogP contribution in [-0.4, -0.2) is 76.6 Å². The second kappa shape index (κ2) is 18.3. The maximum absolute atomic E-state index is 13.2. The van der Waals surface area contributed by atoms with Crippen LogP contribution in [0.5, 0.6) is 5.75 Å². The Morgan fingerprint density at radius 1 is 1.09 bits per heavy atom. The molecular weight excluding hydrogens is 636 g/mol. The molecule has 0 aliphatic carbocycles. The summed E-state index contributed by atoms with van der Waals surface area (Å²) in [4.78, 5) is 59.0. The number of carbonyl (C=O) groups is 2. The standard InChI is InChI=1S/C30H37ClN8O8/c1-44-25-10-9-21(16-24(25)31)17-34-27(26-32-11-7-12-33-26)37-28(40)22-18-35-29(36-19-22)38-13-6-8-23(38)20-46-30(41)45-14-4-2-3-5-15-47-39(42)43/h7,9-12,16,18-19,23,27,34H,2-6,8,13-15,17,20H2,1H3,(H,37,40)/t23-,27-/m0/s1. The molecule has 252 valence electrons. The minimum Gasteiger partial charge on any atom is -0.495 e. The van der Waals surface area contributed by atoms with E-state index in [1.165, 1.54) is 12.4 Å². The number of nitrogens with zero attached hydrogens (tertiary/aromatic N) is 6. The summed E-state index contributed by atoms with van der Waals surface area (Å²) < 4.78 is 15.7. The first-order valence-corrected chi connectivity index (χ1v) is 15.5. The number of methoxy groups -OCH3 is 1. The fourth-order valence-corrected chi connectivity index (χ4v) is 5.12. The molecule has 1 aromatic carbocycles. The summed E-state index contributed by atoms with van der Waals surface area (Å²) in [7, 11) is 1.54. The van der Waals surface area contributed by atoms with E-state index in [0.29, 0.717) is 48.5 Å². The molecule has 1 aliphatic rings. The zero-order chi connectivity index (χ0) is 33.4. The van der Waals surface area contributed by atoms with E-state index in [9.17, 15) is 19.7 Å². The summed E-state index contributed by atoms with van der Waals surface area (Å²) in [5.74, 6) is 0.922. The minimum absolute atomic E-state index is 0.0531. The third-order valence-electron chi connectivity index (χ3n) is 7.23. The summed E-state index contributed by atoms with van der Waals surface area (Å²) in [5.41, 5.74) is 1.11. The lowest BCUT2D eigenvalue weighted by Crippen LogP contribution is -2.39. The van der Waals surface area contributed by atoms with Gasteiger partial charge in [0.15, 0.2) is 5.82 Å². The van der Waals surface area contributed by atoms with Gasteiger partial charge in [0.05, 0.1) is 37.0 Å². The molecule has 2 atom stereocenters. The smallest absolute Gasteiger partial charge is 0.495 e. The molecule has 0 radical (unpaired) electrons. The Hall–Kier alpha value is -4.83. The average Bonchev–Trinajstić information content (AvgIpc) is 3.56. The number of nitrogens with one attached hydrogen (secondary N) is 2. The van der Waals surface area contributed by atoms with Gasteiger partial charge in [0, 0.05) is 37.9 Å². The monoisotopic (exact) mass is 672 g/mol. The molecule has 47 heavy (non-hydrogen) atoms. The Kier molecular flexibility index (Phi) is 13.7. The average molecular weight is 673 g/mol. The number of halogens is 1. The van der Waals surface area contributed by atoms with Crippen LogP contribution in [0.25, 0.3) is 0 Å². The molecule has 1 fully saturated rings. The maximum atomic E-state index is 13.2. The van der Waals surface area contributed by atoms with Gasteiger partial charge < -0.3 is 29.3 Å². The number of aromatic nitrogens is 4. The number of hydrogen-bond donors (Lipinski definition) is 2. The highest BCUT2D eigenvalue weighted by molar-refractivity contribution is 6.32. The number of benzene rings is 1. The second-order valence-corrected chi connectivity index (χ2v) is 10.9. The first-order chi connectivity index (χ1) is 22.8. The van der Waals surface area contributed by atoms with Gasteiger partial charge in [-0.2, -0.15) is 0 Å². The molecule has 0 unspecified atom stereocenters. The molecule has 1 amide bonds. The van der Waals surface area contributed by atoms with Crippen LogP contribution >= 0.6 is 11.6 Å². The van der Waals surface area contributed by atoms with Gasteiger partial charge in [-0.3, -0.25) is 10.1 Å². The highest BCUT2D eigenvalue weighted by Gasteiger charge is 2.28. The highest BCUT2D eigenvalue weighted by atomic mass is 35.5. The number of ether oxygens (including phenoxy) is 3. The van der Waals surface area contributed by atoms with Crippen LogP contribution in [0.15, 0.2) is 49.1 Å². The van der Waals surface area contributed by atoms with Crippen LogP contribution in [0.4, 0.5) is 10.7 Å². The van der Waals surface area contributed by atoms with Gasteiger partial charge in [-0.1, -0.05) is 24.1 Å². The van der Waals surface area contributed by atoms with E-state index in [1.807, 2.05) is 11.0 Å². The van der Waals surface area contributed by atoms with E-state index in [1.54, 1.807) is 37.7 Å². The Bertz CT molecular complexity index is 1450. The van der Waals surface area contributed by atoms with Crippen LogP contribution in [0, 0.1) is 10.1 Å². The van der Waals surface area contributed by atoms with Gasteiger partial charge in [-0.05, 0) is 55.9 Å². The molecule has 1 aliphatic heterocycles. The van der Waals surface area contributed by atoms with Gasteiger partial charge in [0.1, 0.15) is 18.5 Å². The molecule has 1 saturated heterocycles. The summed E-state index contributed by atoms with van der Waals surface area (Å²) >= 11 is 6.26. The van der Waals surface area contributed by atoms with Crippen molar-refractivity contribution in [3.05, 3.63) is 81.1 Å². The molecule has 17 heteroatoms. The van der Waals surface area contributed by atoms with Crippen molar-refractivity contribution < 1.29 is 33.7 Å². The van der Waals surface area contributed by atoms with Gasteiger partial charge in [-0.25, -0.2) is 24.7 Å². The predicted molar refractivity (Wildman–Crippen MR) is 168 cm³/mol. The third-order valence-corrected chi connectivity index (χ3v) is 7.52. The van der Waals surface area contributed by atoms with E-state index in [0.717, 1.165) is 31.2 Å². The van der Waals surface area contributed by atoms with Gasteiger partial charge in [0.2, 0.25) is 5.95 Å². The molecule has 3 aromatic rings. The summed E-state index contributed by atoms with van der Waals surface area (Å²) in [6.07, 6.45) is 8.85. The Morgan fingerprint density at radius 3 is 2.53 bits per heavy atom. The summed E-state index contributed by atoms with van der Waals surface area (Å²) in [6, 6.07) is 6.95. The molecule has 0 saturated carbocycles. The van der Waals surface area contributed by atoms with E-state index in [4.69, 9.17) is 25.8 Å². The lowest BCUT2D eigenvalue weighted by molar-refractivity contribution is -0.757. The first-order valence-electron chi connectivity index (χ1n) is 15.1. The SMILES string of the molecule is COc1ccc(CN[C@@H](NC(=O)c2cnc(N3CCC[C@H]3COC(=O)OCCCCCCO[N+](=O)[O-])nc2)c2ncccn2)cc1Cl. The molecular formula is C30H37ClN8O8. The maximum Gasteiger partial charge on any atom is 0.508 e. The fraction of sp³-hybridized carbons (Fsp3) is 0.467. The number of unbranched alkanes of at least 4 members (excludes halogenated alkanes) is 3. The summed E-state index contributed by atoms with van der Waals surface area (Å²) in [6.45, 7) is 1.38. The number of anilines is 1. The quantitative estimate of drug-likeness (QED) is 0.0646. The zero-order valence-electron chi connectivity index (χ0n) is 25.9. The second-order valence-electron chi connectivity index (χ2n) is 10.5. The zero-order valence-corrected chi connectivity index (χ0v) is 26.6. The largest absolute Gasteiger partial charge is 0.508 e. The lowest BCUT2D eigenvalue weighted by Gasteiger charge is -2.24. The van der Waals surface area contributed by atoms with Crippen molar-refractivity contribution in [2.45, 2.75) is 57.3 Å². The minimum atomic E-state index is -0.814. The topological polar surface area (TPSA) is 193 Å². The van der Waals surface area contributed by atoms with Crippen molar-refractivity contribution in [2.24, 2.45) is 0 Å². The van der Waals surface area contributed by atoms with Crippen LogP contribution < -0.4 is 20.3 Å². The number of hydrogen-bond acceptors (Lipinski definition) is 14. The predicted octanol–water partition coefficient (Wildman–Crippen LogP) is 4.04.